The molecule has 4 atom stereocenters. The Morgan fingerprint density at radius 3 is 2.67 bits per heavy atom. The molecule has 4 aliphatic rings. The second kappa shape index (κ2) is 9.79. The minimum absolute atomic E-state index is 0.136. The lowest BCUT2D eigenvalue weighted by Crippen LogP contribution is -2.35. The topological polar surface area (TPSA) is 61.8 Å². The quantitative estimate of drug-likeness (QED) is 0.398. The SMILES string of the molecule is C=CC(=O)[C@@H]1[C@@H]2CN(c3nc(OC[C@@H]4CCCN4C)nc4c3CCN(c3cccc5cccc(Cl)c35)C4)C[C@@H]21. The molecule has 7 rings (SSSR count). The smallest absolute Gasteiger partial charge is 0.318 e. The van der Waals surface area contributed by atoms with Crippen LogP contribution in [0.4, 0.5) is 11.5 Å². The third-order valence-corrected chi connectivity index (χ3v) is 9.61. The van der Waals surface area contributed by atoms with E-state index in [1.165, 1.54) is 18.1 Å². The van der Waals surface area contributed by atoms with Crippen molar-refractivity contribution in [3.63, 3.8) is 0 Å². The molecule has 0 unspecified atom stereocenters. The van der Waals surface area contributed by atoms with Gasteiger partial charge in [-0.1, -0.05) is 42.4 Å². The van der Waals surface area contributed by atoms with Gasteiger partial charge in [-0.3, -0.25) is 4.79 Å². The van der Waals surface area contributed by atoms with Crippen molar-refractivity contribution < 1.29 is 9.53 Å². The molecule has 1 saturated carbocycles. The Labute approximate surface area is 234 Å². The molecule has 3 aromatic rings. The minimum atomic E-state index is 0.136. The number of anilines is 2. The number of nitrogens with zero attached hydrogens (tertiary/aromatic N) is 5. The predicted molar refractivity (Wildman–Crippen MR) is 155 cm³/mol. The van der Waals surface area contributed by atoms with Gasteiger partial charge in [0.1, 0.15) is 12.4 Å². The molecule has 0 radical (unpaired) electrons. The van der Waals surface area contributed by atoms with E-state index in [9.17, 15) is 4.79 Å². The van der Waals surface area contributed by atoms with Crippen molar-refractivity contribution in [2.75, 3.05) is 49.6 Å². The molecule has 2 aromatic carbocycles. The van der Waals surface area contributed by atoms with Gasteiger partial charge >= 0.3 is 6.01 Å². The van der Waals surface area contributed by atoms with Crippen molar-refractivity contribution in [3.05, 3.63) is 65.3 Å². The van der Waals surface area contributed by atoms with E-state index in [-0.39, 0.29) is 11.7 Å². The third kappa shape index (κ3) is 4.36. The molecular formula is C31H34ClN5O2. The number of ether oxygens (including phenoxy) is 1. The molecule has 4 heterocycles. The normalized spacial score (nSPS) is 26.0. The number of carbonyl (C=O) groups excluding carboxylic acids is 1. The van der Waals surface area contributed by atoms with Crippen molar-refractivity contribution in [2.45, 2.75) is 31.8 Å². The Bertz CT molecular complexity index is 1440. The molecule has 0 N–H and O–H groups in total. The zero-order chi connectivity index (χ0) is 26.7. The second-order valence-corrected chi connectivity index (χ2v) is 11.9. The Morgan fingerprint density at radius 1 is 1.13 bits per heavy atom. The van der Waals surface area contributed by atoms with Crippen LogP contribution in [-0.2, 0) is 17.8 Å². The van der Waals surface area contributed by atoms with E-state index in [0.717, 1.165) is 72.0 Å². The molecule has 1 aliphatic carbocycles. The van der Waals surface area contributed by atoms with Crippen LogP contribution < -0.4 is 14.5 Å². The van der Waals surface area contributed by atoms with Gasteiger partial charge in [-0.2, -0.15) is 9.97 Å². The minimum Gasteiger partial charge on any atom is -0.462 e. The lowest BCUT2D eigenvalue weighted by molar-refractivity contribution is -0.116. The fourth-order valence-electron chi connectivity index (χ4n) is 7.08. The van der Waals surface area contributed by atoms with Gasteiger partial charge in [-0.25, -0.2) is 0 Å². The molecule has 0 amide bonds. The predicted octanol–water partition coefficient (Wildman–Crippen LogP) is 4.76. The van der Waals surface area contributed by atoms with Crippen LogP contribution in [-0.4, -0.2) is 66.5 Å². The molecule has 0 bridgehead atoms. The summed E-state index contributed by atoms with van der Waals surface area (Å²) in [4.78, 5) is 29.3. The van der Waals surface area contributed by atoms with Crippen LogP contribution in [0.3, 0.4) is 0 Å². The Kier molecular flexibility index (Phi) is 6.24. The number of aromatic nitrogens is 2. The van der Waals surface area contributed by atoms with E-state index in [1.54, 1.807) is 0 Å². The maximum absolute atomic E-state index is 12.2. The van der Waals surface area contributed by atoms with Crippen molar-refractivity contribution in [1.82, 2.24) is 14.9 Å². The van der Waals surface area contributed by atoms with E-state index < -0.39 is 0 Å². The number of carbonyl (C=O) groups is 1. The van der Waals surface area contributed by atoms with Crippen LogP contribution in [0.25, 0.3) is 10.8 Å². The van der Waals surface area contributed by atoms with E-state index in [4.69, 9.17) is 26.3 Å². The van der Waals surface area contributed by atoms with Gasteiger partial charge in [0.15, 0.2) is 5.78 Å². The van der Waals surface area contributed by atoms with Crippen LogP contribution in [0.5, 0.6) is 6.01 Å². The number of hydrogen-bond acceptors (Lipinski definition) is 7. The number of halogens is 1. The summed E-state index contributed by atoms with van der Waals surface area (Å²) in [6, 6.07) is 13.3. The van der Waals surface area contributed by atoms with Crippen molar-refractivity contribution in [3.8, 4) is 6.01 Å². The third-order valence-electron chi connectivity index (χ3n) is 9.29. The van der Waals surface area contributed by atoms with Crippen LogP contribution >= 0.6 is 11.6 Å². The lowest BCUT2D eigenvalue weighted by Gasteiger charge is -2.34. The van der Waals surface area contributed by atoms with Gasteiger partial charge in [0.25, 0.3) is 0 Å². The molecular weight excluding hydrogens is 510 g/mol. The lowest BCUT2D eigenvalue weighted by atomic mass is 10.0. The highest BCUT2D eigenvalue weighted by molar-refractivity contribution is 6.36. The Hall–Kier alpha value is -3.16. The van der Waals surface area contributed by atoms with Crippen LogP contribution in [0.1, 0.15) is 24.1 Å². The molecule has 2 saturated heterocycles. The van der Waals surface area contributed by atoms with E-state index >= 15 is 0 Å². The van der Waals surface area contributed by atoms with Crippen LogP contribution in [0.15, 0.2) is 49.1 Å². The van der Waals surface area contributed by atoms with Crippen molar-refractivity contribution in [1.29, 1.82) is 0 Å². The molecule has 8 heteroatoms. The molecule has 7 nitrogen and oxygen atoms in total. The number of fused-ring (bicyclic) bond motifs is 3. The average molecular weight is 544 g/mol. The molecule has 0 spiro atoms. The van der Waals surface area contributed by atoms with Gasteiger partial charge < -0.3 is 19.4 Å². The maximum atomic E-state index is 12.2. The zero-order valence-corrected chi connectivity index (χ0v) is 23.1. The number of ketones is 1. The monoisotopic (exact) mass is 543 g/mol. The van der Waals surface area contributed by atoms with E-state index in [1.807, 2.05) is 12.1 Å². The maximum Gasteiger partial charge on any atom is 0.318 e. The fraction of sp³-hybridized carbons (Fsp3) is 0.452. The largest absolute Gasteiger partial charge is 0.462 e. The summed E-state index contributed by atoms with van der Waals surface area (Å²) in [5.74, 6) is 2.11. The van der Waals surface area contributed by atoms with Gasteiger partial charge in [-0.15, -0.1) is 0 Å². The highest BCUT2D eigenvalue weighted by atomic mass is 35.5. The van der Waals surface area contributed by atoms with Gasteiger partial charge in [0.2, 0.25) is 0 Å². The Morgan fingerprint density at radius 2 is 1.92 bits per heavy atom. The first kappa shape index (κ1) is 24.9. The number of rotatable bonds is 7. The number of hydrogen-bond donors (Lipinski definition) is 0. The highest BCUT2D eigenvalue weighted by Gasteiger charge is 2.59. The summed E-state index contributed by atoms with van der Waals surface area (Å²) in [6.45, 7) is 8.63. The number of likely N-dealkylation sites (tertiary alicyclic amines) is 1. The fourth-order valence-corrected chi connectivity index (χ4v) is 7.36. The number of allylic oxidation sites excluding steroid dienone is 1. The number of benzene rings is 2. The molecule has 1 aromatic heterocycles. The first-order valence-corrected chi connectivity index (χ1v) is 14.5. The first-order chi connectivity index (χ1) is 19.0. The molecule has 3 fully saturated rings. The standard InChI is InChI=1S/C31H34ClN5O2/c1-3-27(38)29-22-15-37(16-23(22)29)30-21-12-14-36(26-11-5-8-19-7-4-10-24(32)28(19)26)17-25(21)33-31(34-30)39-18-20-9-6-13-35(20)2/h3-5,7-8,10-11,20,22-23,29H,1,6,9,12-18H2,2H3/t20-,22-,23+,29-/m0/s1. The van der Waals surface area contributed by atoms with Crippen molar-refractivity contribution in [2.24, 2.45) is 17.8 Å². The van der Waals surface area contributed by atoms with Crippen molar-refractivity contribution >= 4 is 39.7 Å². The summed E-state index contributed by atoms with van der Waals surface area (Å²) in [6.07, 6.45) is 4.67. The zero-order valence-electron chi connectivity index (χ0n) is 22.4. The van der Waals surface area contributed by atoms with E-state index in [2.05, 4.69) is 52.6 Å². The van der Waals surface area contributed by atoms with Gasteiger partial charge in [0.05, 0.1) is 17.3 Å². The second-order valence-electron chi connectivity index (χ2n) is 11.5. The Balaban J connectivity index is 1.20. The van der Waals surface area contributed by atoms with Gasteiger partial charge in [-0.05, 0) is 68.3 Å². The summed E-state index contributed by atoms with van der Waals surface area (Å²) in [5, 5.41) is 2.98. The summed E-state index contributed by atoms with van der Waals surface area (Å²) in [7, 11) is 2.16. The highest BCUT2D eigenvalue weighted by Crippen LogP contribution is 2.53. The van der Waals surface area contributed by atoms with Crippen LogP contribution in [0.2, 0.25) is 5.02 Å². The summed E-state index contributed by atoms with van der Waals surface area (Å²) >= 11 is 6.68. The summed E-state index contributed by atoms with van der Waals surface area (Å²) in [5.41, 5.74) is 3.35. The van der Waals surface area contributed by atoms with Gasteiger partial charge in [0, 0.05) is 48.2 Å². The average Bonchev–Trinajstić information content (AvgIpc) is 3.23. The van der Waals surface area contributed by atoms with Crippen LogP contribution in [0, 0.1) is 17.8 Å². The summed E-state index contributed by atoms with van der Waals surface area (Å²) < 4.78 is 6.27. The molecule has 39 heavy (non-hydrogen) atoms. The number of likely N-dealkylation sites (N-methyl/N-ethyl adjacent to an activating group) is 1. The molecule has 202 valence electrons. The first-order valence-electron chi connectivity index (χ1n) is 14.1. The van der Waals surface area contributed by atoms with E-state index in [0.29, 0.717) is 37.0 Å². The molecule has 3 aliphatic heterocycles. The number of piperidine rings is 1.